The van der Waals surface area contributed by atoms with Crippen LogP contribution in [0.15, 0.2) is 29.2 Å². The molecule has 6 nitrogen and oxygen atoms in total. The van der Waals surface area contributed by atoms with Gasteiger partial charge < -0.3 is 0 Å². The Hall–Kier alpha value is -0.960. The Labute approximate surface area is 132 Å². The van der Waals surface area contributed by atoms with Crippen molar-refractivity contribution in [2.45, 2.75) is 24.7 Å². The molecule has 1 heterocycles. The predicted molar refractivity (Wildman–Crippen MR) is 85.5 cm³/mol. The lowest BCUT2D eigenvalue weighted by Gasteiger charge is -2.30. The fourth-order valence-electron chi connectivity index (χ4n) is 2.47. The molecular weight excluding hydrogens is 324 g/mol. The van der Waals surface area contributed by atoms with E-state index < -0.39 is 20.0 Å². The van der Waals surface area contributed by atoms with Crippen LogP contribution in [0.1, 0.15) is 18.4 Å². The maximum Gasteiger partial charge on any atom is 0.240 e. The van der Waals surface area contributed by atoms with Crippen LogP contribution in [0, 0.1) is 12.8 Å². The monoisotopic (exact) mass is 346 g/mol. The van der Waals surface area contributed by atoms with Gasteiger partial charge in [-0.3, -0.25) is 0 Å². The predicted octanol–water partition coefficient (Wildman–Crippen LogP) is 0.945. The lowest BCUT2D eigenvalue weighted by molar-refractivity contribution is 0.275. The van der Waals surface area contributed by atoms with Gasteiger partial charge in [0.2, 0.25) is 20.0 Å². The number of hydrogen-bond acceptors (Lipinski definition) is 4. The fraction of sp³-hybridized carbons (Fsp3) is 0.571. The van der Waals surface area contributed by atoms with Crippen molar-refractivity contribution in [1.29, 1.82) is 0 Å². The van der Waals surface area contributed by atoms with Crippen LogP contribution in [-0.2, 0) is 20.0 Å². The summed E-state index contributed by atoms with van der Waals surface area (Å²) in [5.41, 5.74) is 1.01. The first-order valence-corrected chi connectivity index (χ1v) is 10.5. The first-order chi connectivity index (χ1) is 10.2. The summed E-state index contributed by atoms with van der Waals surface area (Å²) in [5, 5.41) is 0. The number of nitrogens with zero attached hydrogens (tertiary/aromatic N) is 1. The number of piperidine rings is 1. The summed E-state index contributed by atoms with van der Waals surface area (Å²) in [4.78, 5) is 0.256. The number of nitrogens with one attached hydrogen (secondary N) is 1. The van der Waals surface area contributed by atoms with Gasteiger partial charge in [0.15, 0.2) is 0 Å². The Morgan fingerprint density at radius 1 is 1.09 bits per heavy atom. The lowest BCUT2D eigenvalue weighted by Crippen LogP contribution is -2.41. The maximum atomic E-state index is 12.2. The second-order valence-electron chi connectivity index (χ2n) is 5.77. The van der Waals surface area contributed by atoms with E-state index in [-0.39, 0.29) is 10.8 Å². The molecule has 1 fully saturated rings. The Balaban J connectivity index is 1.90. The van der Waals surface area contributed by atoms with E-state index in [1.807, 2.05) is 6.92 Å². The van der Waals surface area contributed by atoms with E-state index in [1.54, 1.807) is 24.3 Å². The third kappa shape index (κ3) is 4.52. The van der Waals surface area contributed by atoms with Crippen molar-refractivity contribution < 1.29 is 16.8 Å². The van der Waals surface area contributed by atoms with E-state index in [1.165, 1.54) is 10.6 Å². The smallest absolute Gasteiger partial charge is 0.213 e. The third-order valence-corrected chi connectivity index (χ3v) is 6.68. The maximum absolute atomic E-state index is 12.2. The van der Waals surface area contributed by atoms with Gasteiger partial charge in [0.25, 0.3) is 0 Å². The first kappa shape index (κ1) is 17.4. The molecule has 0 radical (unpaired) electrons. The summed E-state index contributed by atoms with van der Waals surface area (Å²) in [5.74, 6) is 0.165. The van der Waals surface area contributed by atoms with Gasteiger partial charge in [-0.1, -0.05) is 17.7 Å². The van der Waals surface area contributed by atoms with E-state index in [0.29, 0.717) is 32.5 Å². The van der Waals surface area contributed by atoms with Gasteiger partial charge >= 0.3 is 0 Å². The van der Waals surface area contributed by atoms with Crippen LogP contribution in [0.25, 0.3) is 0 Å². The highest BCUT2D eigenvalue weighted by atomic mass is 32.2. The van der Waals surface area contributed by atoms with Crippen LogP contribution in [0.4, 0.5) is 0 Å². The van der Waals surface area contributed by atoms with Crippen molar-refractivity contribution >= 4 is 20.0 Å². The molecule has 2 rings (SSSR count). The third-order valence-electron chi connectivity index (χ3n) is 3.94. The summed E-state index contributed by atoms with van der Waals surface area (Å²) >= 11 is 0. The largest absolute Gasteiger partial charge is 0.240 e. The van der Waals surface area contributed by atoms with Gasteiger partial charge in [0, 0.05) is 19.6 Å². The molecule has 0 amide bonds. The van der Waals surface area contributed by atoms with Crippen LogP contribution in [0.3, 0.4) is 0 Å². The summed E-state index contributed by atoms with van der Waals surface area (Å²) < 4.78 is 51.3. The molecule has 0 atom stereocenters. The first-order valence-electron chi connectivity index (χ1n) is 7.20. The highest BCUT2D eigenvalue weighted by Gasteiger charge is 2.26. The SMILES string of the molecule is Cc1ccc(S(=O)(=O)NCC2CCN(S(C)(=O)=O)CC2)cc1. The molecule has 0 bridgehead atoms. The summed E-state index contributed by atoms with van der Waals surface area (Å²) in [6, 6.07) is 6.70. The quantitative estimate of drug-likeness (QED) is 0.860. The topological polar surface area (TPSA) is 83.6 Å². The molecule has 0 spiro atoms. The molecule has 1 N–H and O–H groups in total. The zero-order chi connectivity index (χ0) is 16.4. The molecule has 1 aliphatic heterocycles. The average Bonchev–Trinajstić information content (AvgIpc) is 2.45. The van der Waals surface area contributed by atoms with Crippen LogP contribution in [0.2, 0.25) is 0 Å². The normalized spacial score (nSPS) is 18.5. The molecule has 1 aromatic rings. The zero-order valence-corrected chi connectivity index (χ0v) is 14.5. The van der Waals surface area contributed by atoms with E-state index in [4.69, 9.17) is 0 Å². The molecule has 0 saturated carbocycles. The van der Waals surface area contributed by atoms with Gasteiger partial charge in [-0.25, -0.2) is 25.9 Å². The number of aryl methyl sites for hydroxylation is 1. The van der Waals surface area contributed by atoms with Crippen molar-refractivity contribution in [2.24, 2.45) is 5.92 Å². The minimum atomic E-state index is -3.50. The molecule has 8 heteroatoms. The minimum Gasteiger partial charge on any atom is -0.213 e. The zero-order valence-electron chi connectivity index (χ0n) is 12.8. The fourth-order valence-corrected chi connectivity index (χ4v) is 4.46. The van der Waals surface area contributed by atoms with E-state index in [0.717, 1.165) is 5.56 Å². The summed E-state index contributed by atoms with van der Waals surface area (Å²) in [6.45, 7) is 3.15. The van der Waals surface area contributed by atoms with Gasteiger partial charge in [0.1, 0.15) is 0 Å². The van der Waals surface area contributed by atoms with Crippen LogP contribution in [0.5, 0.6) is 0 Å². The highest BCUT2D eigenvalue weighted by molar-refractivity contribution is 7.89. The second kappa shape index (κ2) is 6.66. The standard InChI is InChI=1S/C14H22N2O4S2/c1-12-3-5-14(6-4-12)22(19,20)15-11-13-7-9-16(10-8-13)21(2,17)18/h3-6,13,15H,7-11H2,1-2H3. The molecule has 1 aliphatic rings. The van der Waals surface area contributed by atoms with Crippen LogP contribution < -0.4 is 4.72 Å². The van der Waals surface area contributed by atoms with Crippen LogP contribution in [-0.4, -0.2) is 47.0 Å². The molecule has 22 heavy (non-hydrogen) atoms. The van der Waals surface area contributed by atoms with Crippen molar-refractivity contribution in [3.63, 3.8) is 0 Å². The summed E-state index contributed by atoms with van der Waals surface area (Å²) in [7, 11) is -6.65. The Kier molecular flexibility index (Phi) is 5.26. The Bertz CT molecular complexity index is 704. The number of hydrogen-bond donors (Lipinski definition) is 1. The van der Waals surface area contributed by atoms with Crippen molar-refractivity contribution in [3.8, 4) is 0 Å². The second-order valence-corrected chi connectivity index (χ2v) is 9.52. The Morgan fingerprint density at radius 2 is 1.64 bits per heavy atom. The van der Waals surface area contributed by atoms with Crippen molar-refractivity contribution in [2.75, 3.05) is 25.9 Å². The van der Waals surface area contributed by atoms with Crippen molar-refractivity contribution in [1.82, 2.24) is 9.03 Å². The van der Waals surface area contributed by atoms with Crippen LogP contribution >= 0.6 is 0 Å². The number of rotatable bonds is 5. The van der Waals surface area contributed by atoms with E-state index in [2.05, 4.69) is 4.72 Å². The molecule has 0 aromatic heterocycles. The molecular formula is C14H22N2O4S2. The summed E-state index contributed by atoms with van der Waals surface area (Å²) in [6.07, 6.45) is 2.54. The van der Waals surface area contributed by atoms with E-state index >= 15 is 0 Å². The Morgan fingerprint density at radius 3 is 2.14 bits per heavy atom. The van der Waals surface area contributed by atoms with E-state index in [9.17, 15) is 16.8 Å². The number of benzene rings is 1. The average molecular weight is 346 g/mol. The lowest BCUT2D eigenvalue weighted by atomic mass is 9.99. The molecule has 0 aliphatic carbocycles. The minimum absolute atomic E-state index is 0.165. The van der Waals surface area contributed by atoms with Crippen molar-refractivity contribution in [3.05, 3.63) is 29.8 Å². The highest BCUT2D eigenvalue weighted by Crippen LogP contribution is 2.19. The molecule has 1 aromatic carbocycles. The molecule has 0 unspecified atom stereocenters. The molecule has 1 saturated heterocycles. The number of sulfonamides is 2. The molecule has 124 valence electrons. The van der Waals surface area contributed by atoms with Gasteiger partial charge in [-0.15, -0.1) is 0 Å². The van der Waals surface area contributed by atoms with Gasteiger partial charge in [-0.05, 0) is 37.8 Å². The van der Waals surface area contributed by atoms with Gasteiger partial charge in [0.05, 0.1) is 11.2 Å². The van der Waals surface area contributed by atoms with Gasteiger partial charge in [-0.2, -0.15) is 0 Å².